The van der Waals surface area contributed by atoms with Gasteiger partial charge in [0.1, 0.15) is 5.75 Å². The number of ether oxygens (including phenoxy) is 1. The number of hydrogen-bond acceptors (Lipinski definition) is 2. The van der Waals surface area contributed by atoms with Gasteiger partial charge in [0, 0.05) is 11.6 Å². The molecule has 1 fully saturated rings. The standard InChI is InChI=1S/C13H19NO/c1-9-4-5-11(15-3)10(8-9)12(14)13(2)6-7-13/h4-5,8,12H,6-7,14H2,1-3H3. The molecule has 1 saturated carbocycles. The van der Waals surface area contributed by atoms with Crippen LogP contribution in [0, 0.1) is 12.3 Å². The largest absolute Gasteiger partial charge is 0.496 e. The molecule has 0 saturated heterocycles. The van der Waals surface area contributed by atoms with Crippen molar-refractivity contribution in [1.29, 1.82) is 0 Å². The molecule has 0 radical (unpaired) electrons. The molecule has 0 aliphatic heterocycles. The van der Waals surface area contributed by atoms with Gasteiger partial charge in [0.05, 0.1) is 7.11 Å². The van der Waals surface area contributed by atoms with Crippen molar-refractivity contribution in [1.82, 2.24) is 0 Å². The zero-order valence-electron chi connectivity index (χ0n) is 9.71. The molecular formula is C13H19NO. The van der Waals surface area contributed by atoms with Crippen molar-refractivity contribution in [3.05, 3.63) is 29.3 Å². The van der Waals surface area contributed by atoms with Crippen molar-refractivity contribution in [3.8, 4) is 5.75 Å². The van der Waals surface area contributed by atoms with Gasteiger partial charge in [-0.25, -0.2) is 0 Å². The maximum Gasteiger partial charge on any atom is 0.123 e. The first-order valence-electron chi connectivity index (χ1n) is 5.47. The first-order valence-corrected chi connectivity index (χ1v) is 5.47. The van der Waals surface area contributed by atoms with Gasteiger partial charge in [0.2, 0.25) is 0 Å². The Balaban J connectivity index is 2.36. The van der Waals surface area contributed by atoms with Crippen LogP contribution >= 0.6 is 0 Å². The van der Waals surface area contributed by atoms with E-state index >= 15 is 0 Å². The predicted octanol–water partition coefficient (Wildman–Crippen LogP) is 2.80. The van der Waals surface area contributed by atoms with Gasteiger partial charge in [-0.3, -0.25) is 0 Å². The summed E-state index contributed by atoms with van der Waals surface area (Å²) < 4.78 is 5.36. The summed E-state index contributed by atoms with van der Waals surface area (Å²) in [6, 6.07) is 6.32. The third-order valence-electron chi connectivity index (χ3n) is 3.51. The fourth-order valence-corrected chi connectivity index (χ4v) is 1.98. The first kappa shape index (κ1) is 10.5. The summed E-state index contributed by atoms with van der Waals surface area (Å²) in [4.78, 5) is 0. The third-order valence-corrected chi connectivity index (χ3v) is 3.51. The highest BCUT2D eigenvalue weighted by Gasteiger charge is 2.44. The molecule has 1 aromatic rings. The van der Waals surface area contributed by atoms with Crippen LogP contribution in [0.5, 0.6) is 5.75 Å². The molecule has 0 aromatic heterocycles. The molecule has 15 heavy (non-hydrogen) atoms. The van der Waals surface area contributed by atoms with E-state index in [1.165, 1.54) is 18.4 Å². The lowest BCUT2D eigenvalue weighted by atomic mass is 9.91. The quantitative estimate of drug-likeness (QED) is 0.823. The van der Waals surface area contributed by atoms with Crippen LogP contribution < -0.4 is 10.5 Å². The minimum atomic E-state index is 0.104. The summed E-state index contributed by atoms with van der Waals surface area (Å²) in [5.74, 6) is 0.918. The van der Waals surface area contributed by atoms with E-state index in [0.29, 0.717) is 5.41 Å². The van der Waals surface area contributed by atoms with Gasteiger partial charge in [-0.15, -0.1) is 0 Å². The van der Waals surface area contributed by atoms with Gasteiger partial charge in [-0.2, -0.15) is 0 Å². The van der Waals surface area contributed by atoms with Gasteiger partial charge in [0.25, 0.3) is 0 Å². The van der Waals surface area contributed by atoms with Gasteiger partial charge >= 0.3 is 0 Å². The zero-order valence-corrected chi connectivity index (χ0v) is 9.71. The van der Waals surface area contributed by atoms with E-state index in [1.54, 1.807) is 7.11 Å². The highest BCUT2D eigenvalue weighted by atomic mass is 16.5. The summed E-state index contributed by atoms with van der Waals surface area (Å²) in [5.41, 5.74) is 8.98. The van der Waals surface area contributed by atoms with Crippen molar-refractivity contribution >= 4 is 0 Å². The second-order valence-electron chi connectivity index (χ2n) is 4.88. The van der Waals surface area contributed by atoms with Crippen LogP contribution in [0.25, 0.3) is 0 Å². The number of methoxy groups -OCH3 is 1. The molecule has 1 aliphatic carbocycles. The molecule has 2 N–H and O–H groups in total. The van der Waals surface area contributed by atoms with Crippen molar-refractivity contribution in [3.63, 3.8) is 0 Å². The summed E-state index contributed by atoms with van der Waals surface area (Å²) in [7, 11) is 1.70. The number of benzene rings is 1. The Morgan fingerprint density at radius 2 is 2.07 bits per heavy atom. The second-order valence-corrected chi connectivity index (χ2v) is 4.88. The Kier molecular flexibility index (Phi) is 2.47. The minimum absolute atomic E-state index is 0.104. The van der Waals surface area contributed by atoms with Crippen LogP contribution in [-0.4, -0.2) is 7.11 Å². The molecule has 0 bridgehead atoms. The van der Waals surface area contributed by atoms with Crippen LogP contribution in [0.1, 0.15) is 36.9 Å². The zero-order chi connectivity index (χ0) is 11.1. The van der Waals surface area contributed by atoms with Gasteiger partial charge in [-0.1, -0.05) is 24.6 Å². The van der Waals surface area contributed by atoms with E-state index in [4.69, 9.17) is 10.5 Å². The lowest BCUT2D eigenvalue weighted by molar-refractivity contribution is 0.385. The fraction of sp³-hybridized carbons (Fsp3) is 0.538. The van der Waals surface area contributed by atoms with E-state index in [2.05, 4.69) is 26.0 Å². The SMILES string of the molecule is COc1ccc(C)cc1C(N)C1(C)CC1. The molecular weight excluding hydrogens is 186 g/mol. The van der Waals surface area contributed by atoms with Gasteiger partial charge < -0.3 is 10.5 Å². The normalized spacial score (nSPS) is 19.7. The molecule has 1 aliphatic rings. The van der Waals surface area contributed by atoms with E-state index in [-0.39, 0.29) is 6.04 Å². The van der Waals surface area contributed by atoms with Crippen molar-refractivity contribution in [2.45, 2.75) is 32.7 Å². The molecule has 1 aromatic carbocycles. The molecule has 0 spiro atoms. The smallest absolute Gasteiger partial charge is 0.123 e. The third kappa shape index (κ3) is 1.86. The van der Waals surface area contributed by atoms with Gasteiger partial charge in [0.15, 0.2) is 0 Å². The molecule has 2 rings (SSSR count). The first-order chi connectivity index (χ1) is 7.07. The fourth-order valence-electron chi connectivity index (χ4n) is 1.98. The minimum Gasteiger partial charge on any atom is -0.496 e. The molecule has 1 atom stereocenters. The topological polar surface area (TPSA) is 35.2 Å². The van der Waals surface area contributed by atoms with E-state index in [9.17, 15) is 0 Å². The monoisotopic (exact) mass is 205 g/mol. The highest BCUT2D eigenvalue weighted by Crippen LogP contribution is 2.54. The summed E-state index contributed by atoms with van der Waals surface area (Å²) in [6.45, 7) is 4.34. The average Bonchev–Trinajstić information content (AvgIpc) is 2.96. The highest BCUT2D eigenvalue weighted by molar-refractivity contribution is 5.40. The second kappa shape index (κ2) is 3.53. The Labute approximate surface area is 91.4 Å². The average molecular weight is 205 g/mol. The number of rotatable bonds is 3. The summed E-state index contributed by atoms with van der Waals surface area (Å²) in [6.07, 6.45) is 2.45. The van der Waals surface area contributed by atoms with Crippen LogP contribution in [0.3, 0.4) is 0 Å². The number of aryl methyl sites for hydroxylation is 1. The van der Waals surface area contributed by atoms with E-state index < -0.39 is 0 Å². The van der Waals surface area contributed by atoms with Crippen LogP contribution in [-0.2, 0) is 0 Å². The summed E-state index contributed by atoms with van der Waals surface area (Å²) >= 11 is 0. The van der Waals surface area contributed by atoms with Crippen LogP contribution in [0.15, 0.2) is 18.2 Å². The maximum absolute atomic E-state index is 6.30. The van der Waals surface area contributed by atoms with Crippen molar-refractivity contribution < 1.29 is 4.74 Å². The van der Waals surface area contributed by atoms with Crippen LogP contribution in [0.2, 0.25) is 0 Å². The summed E-state index contributed by atoms with van der Waals surface area (Å²) in [5, 5.41) is 0. The molecule has 82 valence electrons. The maximum atomic E-state index is 6.30. The Hall–Kier alpha value is -1.02. The number of nitrogens with two attached hydrogens (primary N) is 1. The number of hydrogen-bond donors (Lipinski definition) is 1. The van der Waals surface area contributed by atoms with Crippen LogP contribution in [0.4, 0.5) is 0 Å². The molecule has 2 heteroatoms. The molecule has 2 nitrogen and oxygen atoms in total. The molecule has 0 amide bonds. The Morgan fingerprint density at radius 3 is 2.60 bits per heavy atom. The lowest BCUT2D eigenvalue weighted by Gasteiger charge is -2.21. The molecule has 0 heterocycles. The van der Waals surface area contributed by atoms with Gasteiger partial charge in [-0.05, 0) is 31.2 Å². The molecule has 1 unspecified atom stereocenters. The predicted molar refractivity (Wildman–Crippen MR) is 62.0 cm³/mol. The van der Waals surface area contributed by atoms with Crippen molar-refractivity contribution in [2.75, 3.05) is 7.11 Å². The van der Waals surface area contributed by atoms with Crippen molar-refractivity contribution in [2.24, 2.45) is 11.1 Å². The Morgan fingerprint density at radius 1 is 1.40 bits per heavy atom. The lowest BCUT2D eigenvalue weighted by Crippen LogP contribution is -2.20. The van der Waals surface area contributed by atoms with E-state index in [0.717, 1.165) is 11.3 Å². The Bertz CT molecular complexity index is 369. The van der Waals surface area contributed by atoms with E-state index in [1.807, 2.05) is 6.07 Å².